The van der Waals surface area contributed by atoms with Crippen LogP contribution in [0.25, 0.3) is 0 Å². The molecule has 0 saturated heterocycles. The Morgan fingerprint density at radius 1 is 1.70 bits per heavy atom. The van der Waals surface area contributed by atoms with Gasteiger partial charge in [-0.2, -0.15) is 5.16 Å². The molecule has 1 rings (SSSR count). The van der Waals surface area contributed by atoms with Gasteiger partial charge in [0.15, 0.2) is 5.76 Å². The lowest BCUT2D eigenvalue weighted by molar-refractivity contribution is 0.362. The molecule has 4 heteroatoms. The second-order valence-electron chi connectivity index (χ2n) is 2.31. The molecule has 0 aliphatic carbocycles. The van der Waals surface area contributed by atoms with Gasteiger partial charge in [0.05, 0.1) is 11.6 Å². The fourth-order valence-corrected chi connectivity index (χ4v) is 0.801. The molecule has 1 aromatic rings. The molecular formula is C6H10N2O2. The van der Waals surface area contributed by atoms with E-state index in [1.165, 1.54) is 0 Å². The average molecular weight is 142 g/mol. The molecule has 1 atom stereocenters. The average Bonchev–Trinajstić information content (AvgIpc) is 2.14. The predicted octanol–water partition coefficient (Wildman–Crippen LogP) is 0.296. The molecule has 10 heavy (non-hydrogen) atoms. The van der Waals surface area contributed by atoms with Gasteiger partial charge >= 0.3 is 0 Å². The van der Waals surface area contributed by atoms with Gasteiger partial charge in [-0.25, -0.2) is 0 Å². The van der Waals surface area contributed by atoms with Crippen molar-refractivity contribution in [1.29, 1.82) is 0 Å². The number of hydrogen-bond donors (Lipinski definition) is 2. The van der Waals surface area contributed by atoms with Crippen LogP contribution >= 0.6 is 0 Å². The second kappa shape index (κ2) is 2.30. The van der Waals surface area contributed by atoms with E-state index in [9.17, 15) is 4.79 Å². The van der Waals surface area contributed by atoms with E-state index in [1.807, 2.05) is 0 Å². The summed E-state index contributed by atoms with van der Waals surface area (Å²) in [6, 6.07) is -0.223. The third-order valence-corrected chi connectivity index (χ3v) is 1.38. The number of nitrogens with two attached hydrogens (primary N) is 1. The van der Waals surface area contributed by atoms with E-state index < -0.39 is 0 Å². The Labute approximate surface area is 58.0 Å². The van der Waals surface area contributed by atoms with Crippen molar-refractivity contribution in [3.05, 3.63) is 21.7 Å². The minimum Gasteiger partial charge on any atom is -0.382 e. The molecule has 0 amide bonds. The van der Waals surface area contributed by atoms with E-state index in [1.54, 1.807) is 13.8 Å². The topological polar surface area (TPSA) is 72.0 Å². The third kappa shape index (κ3) is 0.974. The van der Waals surface area contributed by atoms with E-state index in [2.05, 4.69) is 5.16 Å². The first-order valence-electron chi connectivity index (χ1n) is 3.06. The highest BCUT2D eigenvalue weighted by molar-refractivity contribution is 5.13. The van der Waals surface area contributed by atoms with Crippen LogP contribution in [0.5, 0.6) is 0 Å². The lowest BCUT2D eigenvalue weighted by Crippen LogP contribution is -2.08. The summed E-state index contributed by atoms with van der Waals surface area (Å²) >= 11 is 0. The van der Waals surface area contributed by atoms with E-state index in [0.717, 1.165) is 0 Å². The molecule has 56 valence electrons. The van der Waals surface area contributed by atoms with Crippen LogP contribution in [0.4, 0.5) is 0 Å². The molecule has 0 fully saturated rings. The normalized spacial score (nSPS) is 13.5. The number of nitrogens with one attached hydrogen (secondary N) is 1. The molecule has 0 bridgehead atoms. The van der Waals surface area contributed by atoms with E-state index >= 15 is 0 Å². The first kappa shape index (κ1) is 7.08. The van der Waals surface area contributed by atoms with Crippen LogP contribution in [0.1, 0.15) is 24.3 Å². The lowest BCUT2D eigenvalue weighted by Gasteiger charge is -1.97. The van der Waals surface area contributed by atoms with Crippen LogP contribution in [0.15, 0.2) is 9.32 Å². The van der Waals surface area contributed by atoms with Crippen LogP contribution in [-0.4, -0.2) is 5.16 Å². The molecule has 0 aliphatic rings. The summed E-state index contributed by atoms with van der Waals surface area (Å²) < 4.78 is 4.79. The van der Waals surface area contributed by atoms with Crippen LogP contribution in [-0.2, 0) is 0 Å². The molecule has 0 aromatic carbocycles. The Kier molecular flexibility index (Phi) is 1.63. The summed E-state index contributed by atoms with van der Waals surface area (Å²) in [5.41, 5.74) is 5.84. The maximum atomic E-state index is 10.7. The molecule has 1 heterocycles. The minimum absolute atomic E-state index is 0.202. The fourth-order valence-electron chi connectivity index (χ4n) is 0.801. The molecule has 1 aromatic heterocycles. The summed E-state index contributed by atoms with van der Waals surface area (Å²) in [6.07, 6.45) is 0. The molecule has 0 radical (unpaired) electrons. The fraction of sp³-hybridized carbons (Fsp3) is 0.500. The minimum atomic E-state index is -0.223. The molecule has 3 N–H and O–H groups in total. The molecular weight excluding hydrogens is 132 g/mol. The first-order valence-corrected chi connectivity index (χ1v) is 3.06. The maximum Gasteiger partial charge on any atom is 0.283 e. The van der Waals surface area contributed by atoms with Gasteiger partial charge in [-0.1, -0.05) is 0 Å². The van der Waals surface area contributed by atoms with Gasteiger partial charge in [-0.15, -0.1) is 0 Å². The molecule has 4 nitrogen and oxygen atoms in total. The second-order valence-corrected chi connectivity index (χ2v) is 2.31. The highest BCUT2D eigenvalue weighted by atomic mass is 16.5. The quantitative estimate of drug-likeness (QED) is 0.592. The number of hydrogen-bond acceptors (Lipinski definition) is 3. The molecule has 1 unspecified atom stereocenters. The zero-order chi connectivity index (χ0) is 7.72. The summed E-state index contributed by atoms with van der Waals surface area (Å²) in [5, 5.41) is 2.21. The number of aromatic amines is 1. The van der Waals surface area contributed by atoms with Crippen molar-refractivity contribution in [3.63, 3.8) is 0 Å². The van der Waals surface area contributed by atoms with E-state index in [-0.39, 0.29) is 11.6 Å². The Morgan fingerprint density at radius 3 is 2.50 bits per heavy atom. The number of aromatic nitrogens is 1. The monoisotopic (exact) mass is 142 g/mol. The van der Waals surface area contributed by atoms with Gasteiger partial charge in [-0.3, -0.25) is 4.79 Å². The third-order valence-electron chi connectivity index (χ3n) is 1.38. The smallest absolute Gasteiger partial charge is 0.283 e. The van der Waals surface area contributed by atoms with E-state index in [4.69, 9.17) is 10.3 Å². The van der Waals surface area contributed by atoms with Gasteiger partial charge in [0.2, 0.25) is 0 Å². The van der Waals surface area contributed by atoms with Gasteiger partial charge in [0.1, 0.15) is 0 Å². The summed E-state index contributed by atoms with van der Waals surface area (Å²) in [5.74, 6) is 0.532. The predicted molar refractivity (Wildman–Crippen MR) is 36.7 cm³/mol. The van der Waals surface area contributed by atoms with Crippen molar-refractivity contribution in [2.45, 2.75) is 19.9 Å². The van der Waals surface area contributed by atoms with Gasteiger partial charge < -0.3 is 10.3 Å². The van der Waals surface area contributed by atoms with Crippen LogP contribution in [0.2, 0.25) is 0 Å². The number of rotatable bonds is 1. The van der Waals surface area contributed by atoms with E-state index in [0.29, 0.717) is 11.3 Å². The molecule has 0 spiro atoms. The van der Waals surface area contributed by atoms with Crippen molar-refractivity contribution >= 4 is 0 Å². The summed E-state index contributed by atoms with van der Waals surface area (Å²) in [6.45, 7) is 3.44. The molecule has 0 aliphatic heterocycles. The highest BCUT2D eigenvalue weighted by Crippen LogP contribution is 2.09. The number of H-pyrrole nitrogens is 1. The van der Waals surface area contributed by atoms with Crippen molar-refractivity contribution in [3.8, 4) is 0 Å². The van der Waals surface area contributed by atoms with Crippen LogP contribution < -0.4 is 11.3 Å². The Hall–Kier alpha value is -1.03. The van der Waals surface area contributed by atoms with Gasteiger partial charge in [0.25, 0.3) is 5.56 Å². The van der Waals surface area contributed by atoms with Crippen LogP contribution in [0, 0.1) is 6.92 Å². The van der Waals surface area contributed by atoms with Crippen molar-refractivity contribution in [2.24, 2.45) is 5.73 Å². The van der Waals surface area contributed by atoms with Gasteiger partial charge in [-0.05, 0) is 13.8 Å². The maximum absolute atomic E-state index is 10.7. The Balaban J connectivity index is 3.18. The highest BCUT2D eigenvalue weighted by Gasteiger charge is 2.10. The van der Waals surface area contributed by atoms with Crippen LogP contribution in [0.3, 0.4) is 0 Å². The largest absolute Gasteiger partial charge is 0.382 e. The zero-order valence-electron chi connectivity index (χ0n) is 5.97. The standard InChI is InChI=1S/C6H10N2O2/c1-3-5(4(2)7)10-8-6(3)9/h4H,7H2,1-2H3,(H,8,9). The van der Waals surface area contributed by atoms with Crippen molar-refractivity contribution < 1.29 is 4.52 Å². The Morgan fingerprint density at radius 2 is 2.30 bits per heavy atom. The van der Waals surface area contributed by atoms with Crippen molar-refractivity contribution in [2.75, 3.05) is 0 Å². The summed E-state index contributed by atoms with van der Waals surface area (Å²) in [4.78, 5) is 10.7. The van der Waals surface area contributed by atoms with Crippen molar-refractivity contribution in [1.82, 2.24) is 5.16 Å². The lowest BCUT2D eigenvalue weighted by atomic mass is 10.2. The first-order chi connectivity index (χ1) is 4.63. The zero-order valence-corrected chi connectivity index (χ0v) is 5.97. The van der Waals surface area contributed by atoms with Gasteiger partial charge in [0, 0.05) is 0 Å². The SMILES string of the molecule is Cc1c(C(C)N)o[nH]c1=O. The molecule has 0 saturated carbocycles. The summed E-state index contributed by atoms with van der Waals surface area (Å²) in [7, 11) is 0. The Bertz CT molecular complexity index is 272.